The molecule has 0 aromatic carbocycles. The van der Waals surface area contributed by atoms with Crippen LogP contribution >= 0.6 is 0 Å². The molecule has 4 bridgehead atoms. The molecule has 1 heterocycles. The van der Waals surface area contributed by atoms with Crippen LogP contribution in [-0.4, -0.2) is 16.2 Å². The molecule has 0 radical (unpaired) electrons. The number of hydrogen-bond acceptors (Lipinski definition) is 5. The first-order valence-electron chi connectivity index (χ1n) is 10.7. The molecule has 0 saturated heterocycles. The fourth-order valence-electron chi connectivity index (χ4n) is 6.35. The van der Waals surface area contributed by atoms with Gasteiger partial charge in [0, 0.05) is 11.1 Å². The molecule has 1 aromatic rings. The second-order valence-electron chi connectivity index (χ2n) is 9.21. The van der Waals surface area contributed by atoms with Crippen LogP contribution in [0.2, 0.25) is 0 Å². The summed E-state index contributed by atoms with van der Waals surface area (Å²) in [7, 11) is 0. The number of hydrogen-bond donors (Lipinski definition) is 2. The van der Waals surface area contributed by atoms with E-state index < -0.39 is 17.3 Å². The van der Waals surface area contributed by atoms with Gasteiger partial charge in [-0.3, -0.25) is 0 Å². The predicted octanol–water partition coefficient (Wildman–Crippen LogP) is 5.37. The average molecular weight is 418 g/mol. The highest BCUT2D eigenvalue weighted by Gasteiger charge is 2.47. The Bertz CT molecular complexity index is 1090. The first-order chi connectivity index (χ1) is 14.7. The monoisotopic (exact) mass is 418 g/mol. The molecule has 5 rings (SSSR count). The van der Waals surface area contributed by atoms with Gasteiger partial charge in [0.1, 0.15) is 23.7 Å². The van der Waals surface area contributed by atoms with E-state index in [1.165, 1.54) is 6.42 Å². The van der Waals surface area contributed by atoms with Crippen LogP contribution < -0.4 is 0 Å². The van der Waals surface area contributed by atoms with Crippen molar-refractivity contribution in [3.05, 3.63) is 51.2 Å². The number of furan rings is 1. The third-order valence-corrected chi connectivity index (χ3v) is 7.29. The number of rotatable bonds is 4. The molecule has 4 saturated carbocycles. The van der Waals surface area contributed by atoms with Crippen molar-refractivity contribution in [1.29, 1.82) is 10.5 Å². The number of aliphatic hydroxyl groups excluding tert-OH is 1. The zero-order valence-electron chi connectivity index (χ0n) is 18.0. The summed E-state index contributed by atoms with van der Waals surface area (Å²) in [4.78, 5) is 12.6. The highest BCUT2D eigenvalue weighted by molar-refractivity contribution is 6.02. The molecule has 0 unspecified atom stereocenters. The average Bonchev–Trinajstić information content (AvgIpc) is 3.04. The fraction of sp³-hybridized carbons (Fsp3) is 0.480. The topological polar surface area (TPSA) is 118 Å². The van der Waals surface area contributed by atoms with Crippen molar-refractivity contribution in [2.75, 3.05) is 0 Å². The van der Waals surface area contributed by atoms with Crippen molar-refractivity contribution < 1.29 is 19.4 Å². The van der Waals surface area contributed by atoms with Gasteiger partial charge < -0.3 is 14.6 Å². The number of aliphatic carboxylic acids is 1. The molecule has 4 aliphatic carbocycles. The molecule has 0 aliphatic heterocycles. The van der Waals surface area contributed by atoms with Crippen molar-refractivity contribution in [3.8, 4) is 12.1 Å². The molecule has 160 valence electrons. The van der Waals surface area contributed by atoms with Crippen LogP contribution in [0.3, 0.4) is 0 Å². The first-order valence-corrected chi connectivity index (χ1v) is 10.7. The van der Waals surface area contributed by atoms with Gasteiger partial charge in [0.2, 0.25) is 0 Å². The van der Waals surface area contributed by atoms with Crippen LogP contribution in [0.5, 0.6) is 0 Å². The van der Waals surface area contributed by atoms with Crippen LogP contribution in [0.25, 0.3) is 5.57 Å². The smallest absolute Gasteiger partial charge is 0.336 e. The van der Waals surface area contributed by atoms with Crippen LogP contribution in [0, 0.1) is 60.2 Å². The molecule has 6 heteroatoms. The number of aryl methyl sites for hydroxylation is 2. The molecule has 4 fully saturated rings. The molecule has 0 amide bonds. The molecule has 1 aromatic heterocycles. The summed E-state index contributed by atoms with van der Waals surface area (Å²) in [5.74, 6) is 1.20. The Morgan fingerprint density at radius 3 is 2.00 bits per heavy atom. The number of allylic oxidation sites excluding steroid dienone is 4. The van der Waals surface area contributed by atoms with E-state index in [1.54, 1.807) is 39.0 Å². The van der Waals surface area contributed by atoms with E-state index in [-0.39, 0.29) is 23.0 Å². The van der Waals surface area contributed by atoms with Gasteiger partial charge in [0.15, 0.2) is 11.3 Å². The van der Waals surface area contributed by atoms with Gasteiger partial charge in [0.25, 0.3) is 0 Å². The number of carboxylic acids is 1. The summed E-state index contributed by atoms with van der Waals surface area (Å²) in [6, 6.07) is 5.27. The van der Waals surface area contributed by atoms with E-state index in [1.807, 2.05) is 0 Å². The molecule has 31 heavy (non-hydrogen) atoms. The molecule has 6 nitrogen and oxygen atoms in total. The summed E-state index contributed by atoms with van der Waals surface area (Å²) in [6.07, 6.45) is 5.13. The summed E-state index contributed by atoms with van der Waals surface area (Å²) in [5.41, 5.74) is 1.70. The molecule has 0 atom stereocenters. The highest BCUT2D eigenvalue weighted by atomic mass is 16.4. The lowest BCUT2D eigenvalue weighted by Crippen LogP contribution is -2.41. The Morgan fingerprint density at radius 2 is 1.58 bits per heavy atom. The minimum Gasteiger partial charge on any atom is -0.505 e. The zero-order chi connectivity index (χ0) is 22.4. The quantitative estimate of drug-likeness (QED) is 0.386. The van der Waals surface area contributed by atoms with E-state index in [0.717, 1.165) is 31.3 Å². The Balaban J connectivity index is 2.04. The van der Waals surface area contributed by atoms with Gasteiger partial charge in [-0.2, -0.15) is 10.5 Å². The fourth-order valence-corrected chi connectivity index (χ4v) is 6.35. The SMILES string of the molecule is C/C(=C(\C(=O)O)C(C(O)=C(C#N)C#N)=C1C2CC3CC(C2)CC1C3)c1cc(C)oc1C. The summed E-state index contributed by atoms with van der Waals surface area (Å²) in [6.45, 7) is 5.26. The maximum atomic E-state index is 12.6. The van der Waals surface area contributed by atoms with Crippen LogP contribution in [-0.2, 0) is 4.79 Å². The zero-order valence-corrected chi connectivity index (χ0v) is 18.0. The van der Waals surface area contributed by atoms with E-state index in [0.29, 0.717) is 34.5 Å². The van der Waals surface area contributed by atoms with E-state index >= 15 is 0 Å². The molecule has 2 N–H and O–H groups in total. The number of carboxylic acid groups (broad SMARTS) is 1. The van der Waals surface area contributed by atoms with Crippen molar-refractivity contribution in [2.45, 2.75) is 52.9 Å². The largest absolute Gasteiger partial charge is 0.505 e. The number of carbonyl (C=O) groups is 1. The second-order valence-corrected chi connectivity index (χ2v) is 9.21. The Labute approximate surface area is 181 Å². The molecule has 4 aliphatic rings. The standard InChI is InChI=1S/C25H26N2O4/c1-12-4-20(14(3)31-12)13(2)21(25(29)30)23(24(28)19(10-26)11-27)22-17-6-15-5-16(8-17)9-18(22)7-15/h4,15-18,28H,5-9H2,1-3H3,(H,29,30)/b21-13+,23-22?. The Kier molecular flexibility index (Phi) is 5.27. The maximum absolute atomic E-state index is 12.6. The van der Waals surface area contributed by atoms with Crippen molar-refractivity contribution in [2.24, 2.45) is 23.7 Å². The predicted molar refractivity (Wildman–Crippen MR) is 113 cm³/mol. The Hall–Kier alpha value is -3.25. The second kappa shape index (κ2) is 7.78. The molecular formula is C25H26N2O4. The van der Waals surface area contributed by atoms with E-state index in [2.05, 4.69) is 0 Å². The first kappa shape index (κ1) is 21.0. The third kappa shape index (κ3) is 3.47. The lowest BCUT2D eigenvalue weighted by Gasteiger charge is -2.52. The minimum absolute atomic E-state index is 0.0492. The van der Waals surface area contributed by atoms with Crippen LogP contribution in [0.15, 0.2) is 38.5 Å². The minimum atomic E-state index is -1.19. The number of nitriles is 2. The van der Waals surface area contributed by atoms with Crippen LogP contribution in [0.1, 0.15) is 56.1 Å². The molecular weight excluding hydrogens is 392 g/mol. The normalized spacial score (nSPS) is 26.7. The molecule has 0 spiro atoms. The summed E-state index contributed by atoms with van der Waals surface area (Å²) >= 11 is 0. The Morgan fingerprint density at radius 1 is 1.03 bits per heavy atom. The lowest BCUT2D eigenvalue weighted by atomic mass is 9.53. The van der Waals surface area contributed by atoms with Gasteiger partial charge in [-0.15, -0.1) is 0 Å². The van der Waals surface area contributed by atoms with Crippen molar-refractivity contribution >= 4 is 11.5 Å². The summed E-state index contributed by atoms with van der Waals surface area (Å²) in [5, 5.41) is 40.2. The van der Waals surface area contributed by atoms with Crippen molar-refractivity contribution in [1.82, 2.24) is 0 Å². The number of nitrogens with zero attached hydrogens (tertiary/aromatic N) is 2. The summed E-state index contributed by atoms with van der Waals surface area (Å²) < 4.78 is 5.61. The van der Waals surface area contributed by atoms with Gasteiger partial charge in [-0.1, -0.05) is 5.57 Å². The van der Waals surface area contributed by atoms with Gasteiger partial charge in [-0.05, 0) is 88.2 Å². The van der Waals surface area contributed by atoms with Crippen molar-refractivity contribution in [3.63, 3.8) is 0 Å². The van der Waals surface area contributed by atoms with E-state index in [4.69, 9.17) is 4.42 Å². The highest BCUT2D eigenvalue weighted by Crippen LogP contribution is 2.58. The maximum Gasteiger partial charge on any atom is 0.336 e. The van der Waals surface area contributed by atoms with Crippen LogP contribution in [0.4, 0.5) is 0 Å². The van der Waals surface area contributed by atoms with E-state index in [9.17, 15) is 25.5 Å². The van der Waals surface area contributed by atoms with Gasteiger partial charge >= 0.3 is 5.97 Å². The van der Waals surface area contributed by atoms with Gasteiger partial charge in [-0.25, -0.2) is 4.79 Å². The lowest BCUT2D eigenvalue weighted by molar-refractivity contribution is -0.132. The third-order valence-electron chi connectivity index (χ3n) is 7.29. The van der Waals surface area contributed by atoms with Gasteiger partial charge in [0.05, 0.1) is 5.57 Å². The number of aliphatic hydroxyl groups is 1.